The largest absolute Gasteiger partial charge is 0.457 e. The first kappa shape index (κ1) is 18.2. The van der Waals surface area contributed by atoms with Gasteiger partial charge in [-0.05, 0) is 29.3 Å². The Bertz CT molecular complexity index is 1120. The van der Waals surface area contributed by atoms with Gasteiger partial charge in [0.1, 0.15) is 11.5 Å². The van der Waals surface area contributed by atoms with Crippen molar-refractivity contribution >= 4 is 5.91 Å². The first-order valence-corrected chi connectivity index (χ1v) is 9.96. The van der Waals surface area contributed by atoms with E-state index in [2.05, 4.69) is 22.5 Å². The molecule has 0 unspecified atom stereocenters. The van der Waals surface area contributed by atoms with Crippen molar-refractivity contribution in [3.8, 4) is 11.5 Å². The first-order valence-electron chi connectivity index (χ1n) is 9.96. The van der Waals surface area contributed by atoms with Crippen molar-refractivity contribution < 1.29 is 9.53 Å². The summed E-state index contributed by atoms with van der Waals surface area (Å²) in [5.74, 6) is 1.06. The van der Waals surface area contributed by atoms with Crippen LogP contribution in [-0.2, 0) is 17.9 Å². The van der Waals surface area contributed by atoms with Crippen LogP contribution in [-0.4, -0.2) is 15.7 Å². The summed E-state index contributed by atoms with van der Waals surface area (Å²) in [6.07, 6.45) is 3.72. The van der Waals surface area contributed by atoms with Gasteiger partial charge in [0.05, 0.1) is 12.5 Å². The standard InChI is InChI=1S/C25H21N3O2/c29-25(26-16-18-10-12-19(13-11-18)17-28-15-5-14-27-28)24-20-6-1-3-8-22(20)30-23-9-4-2-7-21(23)24/h1-15,24H,16-17H2,(H,26,29). The van der Waals surface area contributed by atoms with Gasteiger partial charge in [-0.3, -0.25) is 9.48 Å². The van der Waals surface area contributed by atoms with Crippen LogP contribution in [0.3, 0.4) is 0 Å². The van der Waals surface area contributed by atoms with Crippen LogP contribution in [0.15, 0.2) is 91.3 Å². The smallest absolute Gasteiger partial charge is 0.232 e. The normalized spacial score (nSPS) is 12.5. The van der Waals surface area contributed by atoms with Crippen LogP contribution in [0.4, 0.5) is 0 Å². The Hall–Kier alpha value is -3.86. The highest BCUT2D eigenvalue weighted by atomic mass is 16.5. The minimum atomic E-state index is -0.384. The van der Waals surface area contributed by atoms with Crippen molar-refractivity contribution in [3.05, 3.63) is 114 Å². The molecule has 0 spiro atoms. The first-order chi connectivity index (χ1) is 14.8. The molecule has 1 aliphatic heterocycles. The number of para-hydroxylation sites is 2. The maximum absolute atomic E-state index is 13.2. The van der Waals surface area contributed by atoms with E-state index in [4.69, 9.17) is 4.74 Å². The molecule has 0 fully saturated rings. The Balaban J connectivity index is 1.31. The molecular formula is C25H21N3O2. The summed E-state index contributed by atoms with van der Waals surface area (Å²) in [7, 11) is 0. The number of aromatic nitrogens is 2. The summed E-state index contributed by atoms with van der Waals surface area (Å²) < 4.78 is 7.88. The van der Waals surface area contributed by atoms with Gasteiger partial charge in [-0.15, -0.1) is 0 Å². The molecule has 1 N–H and O–H groups in total. The molecule has 5 rings (SSSR count). The molecule has 1 amide bonds. The van der Waals surface area contributed by atoms with Gasteiger partial charge in [0.15, 0.2) is 0 Å². The van der Waals surface area contributed by atoms with E-state index in [1.807, 2.05) is 77.6 Å². The zero-order valence-corrected chi connectivity index (χ0v) is 16.4. The monoisotopic (exact) mass is 395 g/mol. The number of carbonyl (C=O) groups excluding carboxylic acids is 1. The van der Waals surface area contributed by atoms with Crippen molar-refractivity contribution in [2.75, 3.05) is 0 Å². The van der Waals surface area contributed by atoms with Gasteiger partial charge >= 0.3 is 0 Å². The van der Waals surface area contributed by atoms with Crippen LogP contribution in [0, 0.1) is 0 Å². The lowest BCUT2D eigenvalue weighted by Crippen LogP contribution is -2.31. The molecule has 4 aromatic rings. The van der Waals surface area contributed by atoms with Crippen LogP contribution in [0.5, 0.6) is 11.5 Å². The molecule has 2 heterocycles. The van der Waals surface area contributed by atoms with Crippen LogP contribution in [0.25, 0.3) is 0 Å². The Morgan fingerprint density at radius 3 is 2.13 bits per heavy atom. The van der Waals surface area contributed by atoms with E-state index in [0.29, 0.717) is 6.54 Å². The molecule has 3 aromatic carbocycles. The third-order valence-corrected chi connectivity index (χ3v) is 5.34. The Labute approximate surface area is 174 Å². The van der Waals surface area contributed by atoms with E-state index in [1.54, 1.807) is 6.20 Å². The summed E-state index contributed by atoms with van der Waals surface area (Å²) >= 11 is 0. The summed E-state index contributed by atoms with van der Waals surface area (Å²) in [5.41, 5.74) is 4.01. The summed E-state index contributed by atoms with van der Waals surface area (Å²) in [5, 5.41) is 7.33. The molecule has 0 atom stereocenters. The second-order valence-corrected chi connectivity index (χ2v) is 7.35. The van der Waals surface area contributed by atoms with Gasteiger partial charge in [0.25, 0.3) is 0 Å². The zero-order valence-electron chi connectivity index (χ0n) is 16.4. The van der Waals surface area contributed by atoms with Gasteiger partial charge in [-0.25, -0.2) is 0 Å². The number of hydrogen-bond acceptors (Lipinski definition) is 3. The number of ether oxygens (including phenoxy) is 1. The minimum Gasteiger partial charge on any atom is -0.457 e. The Morgan fingerprint density at radius 1 is 0.867 bits per heavy atom. The number of rotatable bonds is 5. The molecule has 5 nitrogen and oxygen atoms in total. The fourth-order valence-corrected chi connectivity index (χ4v) is 3.83. The fraction of sp³-hybridized carbons (Fsp3) is 0.120. The topological polar surface area (TPSA) is 56.2 Å². The predicted octanol–water partition coefficient (Wildman–Crippen LogP) is 4.49. The lowest BCUT2D eigenvalue weighted by molar-refractivity contribution is -0.122. The van der Waals surface area contributed by atoms with Crippen molar-refractivity contribution in [1.29, 1.82) is 0 Å². The van der Waals surface area contributed by atoms with Gasteiger partial charge in [0, 0.05) is 30.1 Å². The molecule has 1 aromatic heterocycles. The quantitative estimate of drug-likeness (QED) is 0.542. The van der Waals surface area contributed by atoms with Crippen LogP contribution in [0.2, 0.25) is 0 Å². The third kappa shape index (κ3) is 3.57. The second kappa shape index (κ2) is 7.87. The minimum absolute atomic E-state index is 0.0289. The molecule has 0 radical (unpaired) electrons. The van der Waals surface area contributed by atoms with E-state index in [-0.39, 0.29) is 11.8 Å². The van der Waals surface area contributed by atoms with Gasteiger partial charge in [0.2, 0.25) is 5.91 Å². The highest BCUT2D eigenvalue weighted by Gasteiger charge is 2.32. The number of nitrogens with one attached hydrogen (secondary N) is 1. The SMILES string of the molecule is O=C(NCc1ccc(Cn2cccn2)cc1)C1c2ccccc2Oc2ccccc21. The third-order valence-electron chi connectivity index (χ3n) is 5.34. The summed E-state index contributed by atoms with van der Waals surface area (Å²) in [4.78, 5) is 13.2. The molecule has 0 bridgehead atoms. The zero-order chi connectivity index (χ0) is 20.3. The molecule has 0 saturated carbocycles. The van der Waals surface area contributed by atoms with Crippen molar-refractivity contribution in [3.63, 3.8) is 0 Å². The van der Waals surface area contributed by atoms with E-state index >= 15 is 0 Å². The average Bonchev–Trinajstić information content (AvgIpc) is 3.30. The number of fused-ring (bicyclic) bond motifs is 2. The van der Waals surface area contributed by atoms with E-state index in [1.165, 1.54) is 5.56 Å². The molecule has 0 aliphatic carbocycles. The van der Waals surface area contributed by atoms with Gasteiger partial charge in [-0.2, -0.15) is 5.10 Å². The van der Waals surface area contributed by atoms with Crippen molar-refractivity contribution in [2.24, 2.45) is 0 Å². The molecule has 148 valence electrons. The fourth-order valence-electron chi connectivity index (χ4n) is 3.83. The Morgan fingerprint density at radius 2 is 1.50 bits per heavy atom. The van der Waals surface area contributed by atoms with Crippen LogP contribution >= 0.6 is 0 Å². The maximum Gasteiger partial charge on any atom is 0.232 e. The van der Waals surface area contributed by atoms with Crippen molar-refractivity contribution in [1.82, 2.24) is 15.1 Å². The second-order valence-electron chi connectivity index (χ2n) is 7.35. The number of carbonyl (C=O) groups is 1. The summed E-state index contributed by atoms with van der Waals surface area (Å²) in [6, 6.07) is 25.6. The molecular weight excluding hydrogens is 374 g/mol. The molecule has 1 aliphatic rings. The number of nitrogens with zero attached hydrogens (tertiary/aromatic N) is 2. The summed E-state index contributed by atoms with van der Waals surface area (Å²) in [6.45, 7) is 1.21. The van der Waals surface area contributed by atoms with Gasteiger partial charge < -0.3 is 10.1 Å². The van der Waals surface area contributed by atoms with E-state index < -0.39 is 0 Å². The van der Waals surface area contributed by atoms with E-state index in [9.17, 15) is 4.79 Å². The molecule has 30 heavy (non-hydrogen) atoms. The van der Waals surface area contributed by atoms with Crippen LogP contribution in [0.1, 0.15) is 28.2 Å². The lowest BCUT2D eigenvalue weighted by Gasteiger charge is -2.27. The number of benzene rings is 3. The lowest BCUT2D eigenvalue weighted by atomic mass is 9.87. The van der Waals surface area contributed by atoms with E-state index in [0.717, 1.165) is 34.7 Å². The van der Waals surface area contributed by atoms with Crippen molar-refractivity contribution in [2.45, 2.75) is 19.0 Å². The average molecular weight is 395 g/mol. The van der Waals surface area contributed by atoms with Gasteiger partial charge in [-0.1, -0.05) is 60.7 Å². The Kier molecular flexibility index (Phi) is 4.77. The number of amides is 1. The maximum atomic E-state index is 13.2. The number of hydrogen-bond donors (Lipinski definition) is 1. The molecule has 5 heteroatoms. The molecule has 0 saturated heterocycles. The highest BCUT2D eigenvalue weighted by molar-refractivity contribution is 5.89. The van der Waals surface area contributed by atoms with Crippen LogP contribution < -0.4 is 10.1 Å². The highest BCUT2D eigenvalue weighted by Crippen LogP contribution is 2.43. The predicted molar refractivity (Wildman–Crippen MR) is 114 cm³/mol.